The third kappa shape index (κ3) is 4.81. The van der Waals surface area contributed by atoms with Crippen molar-refractivity contribution in [3.05, 3.63) is 73.2 Å². The Hall–Kier alpha value is -1.43. The molecule has 0 amide bonds. The summed E-state index contributed by atoms with van der Waals surface area (Å²) in [4.78, 5) is 10.5. The molecule has 0 aliphatic rings. The summed E-state index contributed by atoms with van der Waals surface area (Å²) >= 11 is 9.01. The number of benzene rings is 2. The summed E-state index contributed by atoms with van der Waals surface area (Å²) in [5.74, 6) is 0. The average Bonchev–Trinajstić information content (AvgIpc) is 2.46. The van der Waals surface area contributed by atoms with Crippen molar-refractivity contribution in [2.24, 2.45) is 0 Å². The van der Waals surface area contributed by atoms with E-state index in [1.165, 1.54) is 5.56 Å². The molecular weight excluding hydrogens is 356 g/mol. The van der Waals surface area contributed by atoms with Crippen LogP contribution in [0.4, 0.5) is 5.69 Å². The molecule has 0 aliphatic heterocycles. The molecular formula is C15H14BrClN2O2. The molecule has 0 spiro atoms. The van der Waals surface area contributed by atoms with Crippen LogP contribution in [0.3, 0.4) is 0 Å². The Kier molecular flexibility index (Phi) is 5.73. The summed E-state index contributed by atoms with van der Waals surface area (Å²) in [6.07, 6.45) is 0.885. The average molecular weight is 370 g/mol. The van der Waals surface area contributed by atoms with E-state index < -0.39 is 0 Å². The second-order valence-electron chi connectivity index (χ2n) is 4.60. The van der Waals surface area contributed by atoms with Gasteiger partial charge in [-0.3, -0.25) is 10.1 Å². The third-order valence-corrected chi connectivity index (χ3v) is 3.96. The van der Waals surface area contributed by atoms with Crippen LogP contribution in [0, 0.1) is 10.1 Å². The summed E-state index contributed by atoms with van der Waals surface area (Å²) in [7, 11) is 0. The van der Waals surface area contributed by atoms with Crippen LogP contribution in [0.5, 0.6) is 0 Å². The lowest BCUT2D eigenvalue weighted by Crippen LogP contribution is -2.16. The van der Waals surface area contributed by atoms with Gasteiger partial charge in [0.05, 0.1) is 9.40 Å². The molecule has 0 fully saturated rings. The van der Waals surface area contributed by atoms with Crippen molar-refractivity contribution < 1.29 is 4.92 Å². The smallest absolute Gasteiger partial charge is 0.283 e. The van der Waals surface area contributed by atoms with Gasteiger partial charge in [0.15, 0.2) is 0 Å². The van der Waals surface area contributed by atoms with Crippen molar-refractivity contribution >= 4 is 33.2 Å². The number of nitro benzene ring substituents is 1. The zero-order valence-corrected chi connectivity index (χ0v) is 13.5. The van der Waals surface area contributed by atoms with Gasteiger partial charge in [-0.15, -0.1) is 0 Å². The first-order valence-corrected chi connectivity index (χ1v) is 7.61. The first-order chi connectivity index (χ1) is 10.1. The molecule has 4 nitrogen and oxygen atoms in total. The molecule has 0 radical (unpaired) electrons. The van der Waals surface area contributed by atoms with E-state index in [2.05, 4.69) is 21.2 Å². The number of halogens is 2. The highest BCUT2D eigenvalue weighted by atomic mass is 79.9. The van der Waals surface area contributed by atoms with Crippen molar-refractivity contribution in [3.8, 4) is 0 Å². The molecule has 2 aromatic rings. The number of hydrogen-bond donors (Lipinski definition) is 1. The van der Waals surface area contributed by atoms with E-state index in [-0.39, 0.29) is 10.6 Å². The lowest BCUT2D eigenvalue weighted by atomic mass is 10.1. The molecule has 21 heavy (non-hydrogen) atoms. The van der Waals surface area contributed by atoms with E-state index in [0.717, 1.165) is 23.6 Å². The van der Waals surface area contributed by atoms with Gasteiger partial charge < -0.3 is 5.32 Å². The maximum atomic E-state index is 10.9. The maximum absolute atomic E-state index is 10.9. The minimum Gasteiger partial charge on any atom is -0.312 e. The lowest BCUT2D eigenvalue weighted by molar-refractivity contribution is -0.385. The third-order valence-electron chi connectivity index (χ3n) is 3.04. The molecule has 6 heteroatoms. The Balaban J connectivity index is 1.85. The van der Waals surface area contributed by atoms with Crippen molar-refractivity contribution in [2.45, 2.75) is 13.0 Å². The monoisotopic (exact) mass is 368 g/mol. The summed E-state index contributed by atoms with van der Waals surface area (Å²) in [6, 6.07) is 12.9. The standard InChI is InChI=1S/C15H14BrClN2O2/c16-14-6-3-12(9-15(14)19(20)21)10-18-8-7-11-1-4-13(17)5-2-11/h1-6,9,18H,7-8,10H2. The molecule has 2 rings (SSSR count). The topological polar surface area (TPSA) is 55.2 Å². The van der Waals surface area contributed by atoms with Gasteiger partial charge in [0.1, 0.15) is 0 Å². The number of nitro groups is 1. The summed E-state index contributed by atoms with van der Waals surface area (Å²) in [5.41, 5.74) is 2.18. The van der Waals surface area contributed by atoms with Crippen LogP contribution in [0.2, 0.25) is 5.02 Å². The Morgan fingerprint density at radius 1 is 1.14 bits per heavy atom. The van der Waals surface area contributed by atoms with E-state index in [0.29, 0.717) is 11.0 Å². The van der Waals surface area contributed by atoms with Gasteiger partial charge in [-0.05, 0) is 58.2 Å². The van der Waals surface area contributed by atoms with Crippen LogP contribution in [-0.2, 0) is 13.0 Å². The van der Waals surface area contributed by atoms with Gasteiger partial charge in [0.25, 0.3) is 5.69 Å². The number of rotatable bonds is 6. The Morgan fingerprint density at radius 2 is 1.81 bits per heavy atom. The SMILES string of the molecule is O=[N+]([O-])c1cc(CNCCc2ccc(Cl)cc2)ccc1Br. The van der Waals surface area contributed by atoms with Crippen molar-refractivity contribution in [2.75, 3.05) is 6.54 Å². The fourth-order valence-electron chi connectivity index (χ4n) is 1.92. The van der Waals surface area contributed by atoms with Gasteiger partial charge in [-0.25, -0.2) is 0 Å². The lowest BCUT2D eigenvalue weighted by Gasteiger charge is -2.06. The second-order valence-corrected chi connectivity index (χ2v) is 5.89. The molecule has 110 valence electrons. The molecule has 0 aromatic heterocycles. The van der Waals surface area contributed by atoms with Crippen LogP contribution in [0.15, 0.2) is 46.9 Å². The Bertz CT molecular complexity index is 632. The number of hydrogen-bond acceptors (Lipinski definition) is 3. The van der Waals surface area contributed by atoms with Crippen LogP contribution in [-0.4, -0.2) is 11.5 Å². The second kappa shape index (κ2) is 7.54. The minimum absolute atomic E-state index is 0.0898. The van der Waals surface area contributed by atoms with Gasteiger partial charge >= 0.3 is 0 Å². The molecule has 0 heterocycles. The summed E-state index contributed by atoms with van der Waals surface area (Å²) in [5, 5.41) is 14.9. The van der Waals surface area contributed by atoms with Crippen LogP contribution in [0.25, 0.3) is 0 Å². The first-order valence-electron chi connectivity index (χ1n) is 6.44. The van der Waals surface area contributed by atoms with Crippen molar-refractivity contribution in [1.29, 1.82) is 0 Å². The zero-order chi connectivity index (χ0) is 15.2. The molecule has 0 aliphatic carbocycles. The largest absolute Gasteiger partial charge is 0.312 e. The van der Waals surface area contributed by atoms with E-state index in [4.69, 9.17) is 11.6 Å². The fraction of sp³-hybridized carbons (Fsp3) is 0.200. The molecule has 1 N–H and O–H groups in total. The van der Waals surface area contributed by atoms with Crippen LogP contribution in [0.1, 0.15) is 11.1 Å². The molecule has 0 atom stereocenters. The Labute approximate surface area is 136 Å². The molecule has 2 aromatic carbocycles. The van der Waals surface area contributed by atoms with Crippen molar-refractivity contribution in [3.63, 3.8) is 0 Å². The normalized spacial score (nSPS) is 10.6. The van der Waals surface area contributed by atoms with Crippen molar-refractivity contribution in [1.82, 2.24) is 5.32 Å². The number of nitrogens with one attached hydrogen (secondary N) is 1. The first kappa shape index (κ1) is 15.9. The highest BCUT2D eigenvalue weighted by molar-refractivity contribution is 9.10. The highest BCUT2D eigenvalue weighted by Gasteiger charge is 2.11. The van der Waals surface area contributed by atoms with E-state index in [1.54, 1.807) is 12.1 Å². The number of nitrogens with zero attached hydrogens (tertiary/aromatic N) is 1. The summed E-state index contributed by atoms with van der Waals surface area (Å²) in [6.45, 7) is 1.40. The van der Waals surface area contributed by atoms with E-state index in [1.807, 2.05) is 30.3 Å². The maximum Gasteiger partial charge on any atom is 0.283 e. The predicted molar refractivity (Wildman–Crippen MR) is 87.7 cm³/mol. The Morgan fingerprint density at radius 3 is 2.48 bits per heavy atom. The van der Waals surface area contributed by atoms with E-state index >= 15 is 0 Å². The van der Waals surface area contributed by atoms with Crippen LogP contribution >= 0.6 is 27.5 Å². The molecule has 0 unspecified atom stereocenters. The fourth-order valence-corrected chi connectivity index (χ4v) is 2.44. The summed E-state index contributed by atoms with van der Waals surface area (Å²) < 4.78 is 0.498. The van der Waals surface area contributed by atoms with Gasteiger partial charge in [-0.2, -0.15) is 0 Å². The van der Waals surface area contributed by atoms with Crippen LogP contribution < -0.4 is 5.32 Å². The van der Waals surface area contributed by atoms with Gasteiger partial charge in [0.2, 0.25) is 0 Å². The molecule has 0 saturated carbocycles. The molecule has 0 saturated heterocycles. The predicted octanol–water partition coefficient (Wildman–Crippen LogP) is 4.34. The zero-order valence-electron chi connectivity index (χ0n) is 11.2. The highest BCUT2D eigenvalue weighted by Crippen LogP contribution is 2.25. The quantitative estimate of drug-likeness (QED) is 0.468. The van der Waals surface area contributed by atoms with Gasteiger partial charge in [-0.1, -0.05) is 29.8 Å². The minimum atomic E-state index is -0.388. The molecule has 0 bridgehead atoms. The van der Waals surface area contributed by atoms with E-state index in [9.17, 15) is 10.1 Å². The van der Waals surface area contributed by atoms with Gasteiger partial charge in [0, 0.05) is 17.6 Å².